The van der Waals surface area contributed by atoms with Crippen LogP contribution in [0.25, 0.3) is 0 Å². The first-order valence-corrected chi connectivity index (χ1v) is 17.6. The van der Waals surface area contributed by atoms with Crippen LogP contribution in [-0.2, 0) is 17.8 Å². The Kier molecular flexibility index (Phi) is 9.77. The van der Waals surface area contributed by atoms with Gasteiger partial charge in [0, 0.05) is 44.2 Å². The summed E-state index contributed by atoms with van der Waals surface area (Å²) in [5.41, 5.74) is 9.48. The fourth-order valence-corrected chi connectivity index (χ4v) is 8.69. The van der Waals surface area contributed by atoms with Gasteiger partial charge >= 0.3 is 12.1 Å². The summed E-state index contributed by atoms with van der Waals surface area (Å²) in [7, 11) is 2.19. The second-order valence-electron chi connectivity index (χ2n) is 13.4. The van der Waals surface area contributed by atoms with Crippen LogP contribution in [0.5, 0.6) is 0 Å². The summed E-state index contributed by atoms with van der Waals surface area (Å²) >= 11 is 7.96. The topological polar surface area (TPSA) is 114 Å². The molecule has 3 saturated heterocycles. The minimum absolute atomic E-state index is 0.0396. The molecule has 2 aromatic rings. The third kappa shape index (κ3) is 7.20. The number of fused-ring (bicyclic) bond motifs is 1. The lowest BCUT2D eigenvalue weighted by Gasteiger charge is -2.41. The van der Waals surface area contributed by atoms with Crippen LogP contribution in [0.2, 0.25) is 5.02 Å². The number of benzene rings is 1. The second kappa shape index (κ2) is 13.8. The molecule has 4 aliphatic heterocycles. The number of nitrogen functional groups attached to an aromatic ring is 1. The van der Waals surface area contributed by atoms with Crippen molar-refractivity contribution in [3.8, 4) is 0 Å². The molecule has 1 aromatic heterocycles. The zero-order valence-electron chi connectivity index (χ0n) is 26.4. The molecular formula is C33H46ClN7O3S. The highest BCUT2D eigenvalue weighted by atomic mass is 35.5. The van der Waals surface area contributed by atoms with Crippen molar-refractivity contribution in [2.24, 2.45) is 11.8 Å². The molecule has 0 radical (unpaired) electrons. The Morgan fingerprint density at radius 3 is 2.33 bits per heavy atom. The summed E-state index contributed by atoms with van der Waals surface area (Å²) in [5.74, 6) is 1.35. The second-order valence-corrected chi connectivity index (χ2v) is 14.7. The maximum Gasteiger partial charge on any atom is 0.323 e. The summed E-state index contributed by atoms with van der Waals surface area (Å²) < 4.78 is 0. The Hall–Kier alpha value is -3.02. The fourth-order valence-electron chi connectivity index (χ4n) is 7.60. The monoisotopic (exact) mass is 655 g/mol. The third-order valence-corrected chi connectivity index (χ3v) is 11.7. The first kappa shape index (κ1) is 31.9. The summed E-state index contributed by atoms with van der Waals surface area (Å²) in [5, 5.41) is 9.48. The molecule has 4 N–H and O–H groups in total. The van der Waals surface area contributed by atoms with Crippen LogP contribution in [0.4, 0.5) is 20.3 Å². The van der Waals surface area contributed by atoms with E-state index in [1.807, 2.05) is 28.2 Å². The van der Waals surface area contributed by atoms with Crippen molar-refractivity contribution in [3.05, 3.63) is 45.3 Å². The third-order valence-electron chi connectivity index (χ3n) is 10.5. The van der Waals surface area contributed by atoms with Gasteiger partial charge in [-0.1, -0.05) is 17.7 Å². The first-order valence-electron chi connectivity index (χ1n) is 16.4. The molecular weight excluding hydrogens is 610 g/mol. The van der Waals surface area contributed by atoms with E-state index in [1.165, 1.54) is 12.8 Å². The molecule has 45 heavy (non-hydrogen) atoms. The van der Waals surface area contributed by atoms with Crippen molar-refractivity contribution in [2.45, 2.75) is 70.5 Å². The average molecular weight is 656 g/mol. The summed E-state index contributed by atoms with van der Waals surface area (Å²) in [6.45, 7) is 7.28. The highest BCUT2D eigenvalue weighted by Gasteiger charge is 2.36. The number of rotatable bonds is 6. The van der Waals surface area contributed by atoms with E-state index in [0.29, 0.717) is 55.5 Å². The number of aryl methyl sites for hydroxylation is 1. The Morgan fingerprint density at radius 1 is 1.02 bits per heavy atom. The lowest BCUT2D eigenvalue weighted by molar-refractivity contribution is -0.135. The number of halogens is 1. The number of nitrogens with one attached hydrogen (secondary N) is 2. The number of anilines is 2. The van der Waals surface area contributed by atoms with Crippen LogP contribution in [0.1, 0.15) is 55.2 Å². The highest BCUT2D eigenvalue weighted by Crippen LogP contribution is 2.34. The molecule has 4 aliphatic rings. The molecule has 0 bridgehead atoms. The molecule has 3 fully saturated rings. The van der Waals surface area contributed by atoms with Gasteiger partial charge in [0.1, 0.15) is 11.0 Å². The molecule has 0 saturated carbocycles. The van der Waals surface area contributed by atoms with Crippen molar-refractivity contribution < 1.29 is 14.4 Å². The Bertz CT molecular complexity index is 1370. The lowest BCUT2D eigenvalue weighted by atomic mass is 9.79. The number of carbonyl (C=O) groups is 3. The molecule has 1 aromatic carbocycles. The van der Waals surface area contributed by atoms with E-state index in [0.717, 1.165) is 66.6 Å². The number of urea groups is 2. The predicted molar refractivity (Wildman–Crippen MR) is 180 cm³/mol. The normalized spacial score (nSPS) is 21.4. The van der Waals surface area contributed by atoms with E-state index < -0.39 is 6.04 Å². The minimum atomic E-state index is -0.709. The number of piperidine rings is 3. The van der Waals surface area contributed by atoms with Crippen LogP contribution in [-0.4, -0.2) is 96.0 Å². The zero-order valence-corrected chi connectivity index (χ0v) is 28.0. The van der Waals surface area contributed by atoms with Gasteiger partial charge in [-0.15, -0.1) is 11.3 Å². The number of carbonyl (C=O) groups excluding carboxylic acids is 3. The molecule has 6 rings (SSSR count). The smallest absolute Gasteiger partial charge is 0.323 e. The lowest BCUT2D eigenvalue weighted by Crippen LogP contribution is -2.57. The van der Waals surface area contributed by atoms with Gasteiger partial charge in [-0.05, 0) is 106 Å². The van der Waals surface area contributed by atoms with E-state index in [1.54, 1.807) is 22.3 Å². The number of nitrogens with zero attached hydrogens (tertiary/aromatic N) is 4. The SMILES string of the molecule is Cc1cc(C[C@@H](NC(=O)N2CCC(N3Cc4ccsc4NC3=O)CC2)C(=O)N2CCC(C3CCN(C)CC3)CC2)cc(Cl)c1N. The zero-order chi connectivity index (χ0) is 31.7. The number of hydrogen-bond acceptors (Lipinski definition) is 6. The molecule has 1 atom stereocenters. The Balaban J connectivity index is 1.09. The standard InChI is InChI=1S/C33H46ClN7O3S/c1-21-17-22(18-27(34)29(21)35)19-28(31(42)39-12-5-24(6-13-39)23-3-10-38(2)11-4-23)36-32(43)40-14-7-26(8-15-40)41-20-25-9-16-45-30(25)37-33(41)44/h9,16-18,23-24,26,28H,3-8,10-15,19-20,35H2,1-2H3,(H,36,43)(H,37,44)/t28-/m1/s1. The molecule has 10 nitrogen and oxygen atoms in total. The quantitative estimate of drug-likeness (QED) is 0.379. The summed E-state index contributed by atoms with van der Waals surface area (Å²) in [4.78, 5) is 48.5. The molecule has 0 unspecified atom stereocenters. The van der Waals surface area contributed by atoms with E-state index in [-0.39, 0.29) is 24.0 Å². The molecule has 0 aliphatic carbocycles. The van der Waals surface area contributed by atoms with Crippen LogP contribution in [0, 0.1) is 18.8 Å². The van der Waals surface area contributed by atoms with E-state index in [4.69, 9.17) is 17.3 Å². The van der Waals surface area contributed by atoms with Crippen LogP contribution < -0.4 is 16.4 Å². The number of nitrogens with two attached hydrogens (primary N) is 1. The molecule has 12 heteroatoms. The van der Waals surface area contributed by atoms with Gasteiger partial charge in [0.05, 0.1) is 17.3 Å². The van der Waals surface area contributed by atoms with E-state index >= 15 is 0 Å². The van der Waals surface area contributed by atoms with E-state index in [2.05, 4.69) is 28.6 Å². The maximum absolute atomic E-state index is 14.0. The van der Waals surface area contributed by atoms with Gasteiger partial charge in [-0.25, -0.2) is 9.59 Å². The highest BCUT2D eigenvalue weighted by molar-refractivity contribution is 7.14. The van der Waals surface area contributed by atoms with Gasteiger partial charge in [0.25, 0.3) is 0 Å². The van der Waals surface area contributed by atoms with Crippen LogP contribution >= 0.6 is 22.9 Å². The number of likely N-dealkylation sites (tertiary alicyclic amines) is 3. The largest absolute Gasteiger partial charge is 0.397 e. The average Bonchev–Trinajstić information content (AvgIpc) is 3.50. The van der Waals surface area contributed by atoms with Crippen molar-refractivity contribution in [2.75, 3.05) is 57.4 Å². The molecule has 5 amide bonds. The summed E-state index contributed by atoms with van der Waals surface area (Å²) in [6, 6.07) is 4.85. The first-order chi connectivity index (χ1) is 21.7. The van der Waals surface area contributed by atoms with Crippen LogP contribution in [0.15, 0.2) is 23.6 Å². The summed E-state index contributed by atoms with van der Waals surface area (Å²) in [6.07, 6.45) is 6.22. The van der Waals surface area contributed by atoms with Crippen LogP contribution in [0.3, 0.4) is 0 Å². The van der Waals surface area contributed by atoms with Gasteiger partial charge in [0.15, 0.2) is 0 Å². The van der Waals surface area contributed by atoms with Crippen molar-refractivity contribution in [1.29, 1.82) is 0 Å². The predicted octanol–water partition coefficient (Wildman–Crippen LogP) is 5.01. The maximum atomic E-state index is 14.0. The number of hydrogen-bond donors (Lipinski definition) is 3. The molecule has 0 spiro atoms. The van der Waals surface area contributed by atoms with Gasteiger partial charge in [0.2, 0.25) is 5.91 Å². The minimum Gasteiger partial charge on any atom is -0.397 e. The molecule has 244 valence electrons. The Labute approximate surface area is 275 Å². The fraction of sp³-hybridized carbons (Fsp3) is 0.606. The van der Waals surface area contributed by atoms with E-state index in [9.17, 15) is 14.4 Å². The van der Waals surface area contributed by atoms with Crippen molar-refractivity contribution in [3.63, 3.8) is 0 Å². The van der Waals surface area contributed by atoms with Crippen molar-refractivity contribution >= 4 is 51.6 Å². The van der Waals surface area contributed by atoms with Crippen molar-refractivity contribution in [1.82, 2.24) is 24.9 Å². The molecule has 5 heterocycles. The number of thiophene rings is 1. The van der Waals surface area contributed by atoms with Gasteiger partial charge in [-0.3, -0.25) is 10.1 Å². The van der Waals surface area contributed by atoms with Gasteiger partial charge in [-0.2, -0.15) is 0 Å². The van der Waals surface area contributed by atoms with Gasteiger partial charge < -0.3 is 30.7 Å². The number of amides is 5. The Morgan fingerprint density at radius 2 is 1.67 bits per heavy atom.